The number of benzene rings is 1. The van der Waals surface area contributed by atoms with Gasteiger partial charge in [-0.15, -0.1) is 11.3 Å². The number of carbonyl (C=O) groups is 1. The Balaban J connectivity index is 1.90. The molecule has 0 radical (unpaired) electrons. The lowest BCUT2D eigenvalue weighted by molar-refractivity contribution is 0.102. The van der Waals surface area contributed by atoms with Crippen molar-refractivity contribution in [2.75, 3.05) is 26.6 Å². The zero-order valence-electron chi connectivity index (χ0n) is 13.7. The SMILES string of the molecule is COc1cc(NC(=O)c2cn3c(C)csc3n2)cc(OC)c1OC. The van der Waals surface area contributed by atoms with Crippen molar-refractivity contribution in [3.63, 3.8) is 0 Å². The molecule has 0 unspecified atom stereocenters. The van der Waals surface area contributed by atoms with Gasteiger partial charge in [-0.05, 0) is 6.92 Å². The van der Waals surface area contributed by atoms with Crippen molar-refractivity contribution in [1.29, 1.82) is 0 Å². The van der Waals surface area contributed by atoms with Gasteiger partial charge in [-0.2, -0.15) is 0 Å². The third-order valence-corrected chi connectivity index (χ3v) is 4.50. The molecule has 0 spiro atoms. The van der Waals surface area contributed by atoms with Crippen LogP contribution in [0.3, 0.4) is 0 Å². The summed E-state index contributed by atoms with van der Waals surface area (Å²) >= 11 is 1.49. The number of imidazole rings is 1. The fourth-order valence-corrected chi connectivity index (χ4v) is 3.20. The summed E-state index contributed by atoms with van der Waals surface area (Å²) in [5.41, 5.74) is 1.91. The minimum absolute atomic E-state index is 0.306. The van der Waals surface area contributed by atoms with E-state index in [1.807, 2.05) is 16.7 Å². The highest BCUT2D eigenvalue weighted by molar-refractivity contribution is 7.15. The van der Waals surface area contributed by atoms with E-state index in [4.69, 9.17) is 14.2 Å². The maximum Gasteiger partial charge on any atom is 0.275 e. The topological polar surface area (TPSA) is 74.1 Å². The van der Waals surface area contributed by atoms with Crippen molar-refractivity contribution in [2.45, 2.75) is 6.92 Å². The number of anilines is 1. The molecule has 0 fully saturated rings. The van der Waals surface area contributed by atoms with Crippen LogP contribution in [-0.2, 0) is 0 Å². The van der Waals surface area contributed by atoms with Crippen LogP contribution in [0.25, 0.3) is 4.96 Å². The summed E-state index contributed by atoms with van der Waals surface area (Å²) in [6.45, 7) is 1.96. The predicted octanol–water partition coefficient (Wildman–Crippen LogP) is 2.98. The van der Waals surface area contributed by atoms with Gasteiger partial charge in [-0.25, -0.2) is 4.98 Å². The fourth-order valence-electron chi connectivity index (χ4n) is 2.35. The van der Waals surface area contributed by atoms with E-state index >= 15 is 0 Å². The number of nitrogens with zero attached hydrogens (tertiary/aromatic N) is 2. The summed E-state index contributed by atoms with van der Waals surface area (Å²) in [5, 5.41) is 4.79. The molecule has 0 saturated heterocycles. The van der Waals surface area contributed by atoms with Gasteiger partial charge in [0.1, 0.15) is 5.69 Å². The fraction of sp³-hybridized carbons (Fsp3) is 0.250. The van der Waals surface area contributed by atoms with E-state index in [1.165, 1.54) is 32.7 Å². The Labute approximate surface area is 142 Å². The number of hydrogen-bond acceptors (Lipinski definition) is 6. The second-order valence-electron chi connectivity index (χ2n) is 5.02. The van der Waals surface area contributed by atoms with Crippen LogP contribution in [-0.4, -0.2) is 36.6 Å². The van der Waals surface area contributed by atoms with Crippen LogP contribution in [0.1, 0.15) is 16.2 Å². The number of nitrogens with one attached hydrogen (secondary N) is 1. The van der Waals surface area contributed by atoms with Crippen molar-refractivity contribution < 1.29 is 19.0 Å². The maximum absolute atomic E-state index is 12.5. The van der Waals surface area contributed by atoms with Crippen LogP contribution in [0.4, 0.5) is 5.69 Å². The van der Waals surface area contributed by atoms with Crippen molar-refractivity contribution in [3.8, 4) is 17.2 Å². The van der Waals surface area contributed by atoms with Crippen molar-refractivity contribution in [1.82, 2.24) is 9.38 Å². The quantitative estimate of drug-likeness (QED) is 0.768. The Hall–Kier alpha value is -2.74. The average molecular weight is 347 g/mol. The van der Waals surface area contributed by atoms with Crippen molar-refractivity contribution in [3.05, 3.63) is 35.1 Å². The number of thiazole rings is 1. The Bertz CT molecular complexity index is 875. The van der Waals surface area contributed by atoms with Crippen LogP contribution in [0.2, 0.25) is 0 Å². The number of aromatic nitrogens is 2. The molecular formula is C16H17N3O4S. The third-order valence-electron chi connectivity index (χ3n) is 3.54. The van der Waals surface area contributed by atoms with E-state index in [0.29, 0.717) is 28.6 Å². The molecule has 1 aromatic carbocycles. The lowest BCUT2D eigenvalue weighted by Gasteiger charge is -2.14. The van der Waals surface area contributed by atoms with Crippen LogP contribution in [0.15, 0.2) is 23.7 Å². The highest BCUT2D eigenvalue weighted by atomic mass is 32.1. The van der Waals surface area contributed by atoms with Crippen LogP contribution in [0, 0.1) is 6.92 Å². The van der Waals surface area contributed by atoms with Crippen LogP contribution in [0.5, 0.6) is 17.2 Å². The molecule has 24 heavy (non-hydrogen) atoms. The molecule has 0 aliphatic carbocycles. The molecule has 126 valence electrons. The summed E-state index contributed by atoms with van der Waals surface area (Å²) < 4.78 is 17.7. The predicted molar refractivity (Wildman–Crippen MR) is 91.9 cm³/mol. The zero-order valence-corrected chi connectivity index (χ0v) is 14.6. The highest BCUT2D eigenvalue weighted by Gasteiger charge is 2.17. The molecule has 3 rings (SSSR count). The van der Waals surface area contributed by atoms with Gasteiger partial charge in [0.2, 0.25) is 5.75 Å². The van der Waals surface area contributed by atoms with Gasteiger partial charge < -0.3 is 19.5 Å². The first kappa shape index (κ1) is 16.1. The highest BCUT2D eigenvalue weighted by Crippen LogP contribution is 2.40. The van der Waals surface area contributed by atoms with Crippen molar-refractivity contribution >= 4 is 27.9 Å². The van der Waals surface area contributed by atoms with E-state index in [1.54, 1.807) is 18.3 Å². The molecule has 0 aliphatic heterocycles. The van der Waals surface area contributed by atoms with E-state index < -0.39 is 0 Å². The number of fused-ring (bicyclic) bond motifs is 1. The Morgan fingerprint density at radius 3 is 2.38 bits per heavy atom. The van der Waals surface area contributed by atoms with Gasteiger partial charge in [0.05, 0.1) is 21.3 Å². The molecular weight excluding hydrogens is 330 g/mol. The lowest BCUT2D eigenvalue weighted by atomic mass is 10.2. The summed E-state index contributed by atoms with van der Waals surface area (Å²) in [7, 11) is 4.57. The number of carbonyl (C=O) groups excluding carboxylic acids is 1. The summed E-state index contributed by atoms with van der Waals surface area (Å²) in [6, 6.07) is 3.34. The van der Waals surface area contributed by atoms with Gasteiger partial charge in [0.25, 0.3) is 5.91 Å². The minimum Gasteiger partial charge on any atom is -0.493 e. The third kappa shape index (κ3) is 2.76. The Morgan fingerprint density at radius 1 is 1.17 bits per heavy atom. The zero-order chi connectivity index (χ0) is 17.3. The molecule has 0 atom stereocenters. The number of hydrogen-bond donors (Lipinski definition) is 1. The van der Waals surface area contributed by atoms with E-state index in [2.05, 4.69) is 10.3 Å². The van der Waals surface area contributed by atoms with Crippen LogP contribution < -0.4 is 19.5 Å². The van der Waals surface area contributed by atoms with Crippen molar-refractivity contribution in [2.24, 2.45) is 0 Å². The number of methoxy groups -OCH3 is 3. The van der Waals surface area contributed by atoms with Gasteiger partial charge in [-0.1, -0.05) is 0 Å². The van der Waals surface area contributed by atoms with Gasteiger partial charge >= 0.3 is 0 Å². The normalized spacial score (nSPS) is 10.7. The molecule has 2 heterocycles. The smallest absolute Gasteiger partial charge is 0.275 e. The number of amides is 1. The van der Waals surface area contributed by atoms with E-state index in [-0.39, 0.29) is 5.91 Å². The standard InChI is InChI=1S/C16H17N3O4S/c1-9-8-24-16-18-11(7-19(9)16)15(20)17-10-5-12(21-2)14(23-4)13(6-10)22-3/h5-8H,1-4H3,(H,17,20). The minimum atomic E-state index is -0.306. The molecule has 8 heteroatoms. The first-order valence-electron chi connectivity index (χ1n) is 7.12. The molecule has 7 nitrogen and oxygen atoms in total. The number of ether oxygens (including phenoxy) is 3. The number of aryl methyl sites for hydroxylation is 1. The first-order valence-corrected chi connectivity index (χ1v) is 8.00. The van der Waals surface area contributed by atoms with E-state index in [0.717, 1.165) is 10.7 Å². The first-order chi connectivity index (χ1) is 11.6. The monoisotopic (exact) mass is 347 g/mol. The van der Waals surface area contributed by atoms with Gasteiger partial charge in [0, 0.05) is 35.1 Å². The van der Waals surface area contributed by atoms with E-state index in [9.17, 15) is 4.79 Å². The largest absolute Gasteiger partial charge is 0.493 e. The summed E-state index contributed by atoms with van der Waals surface area (Å²) in [4.78, 5) is 17.6. The summed E-state index contributed by atoms with van der Waals surface area (Å²) in [6.07, 6.45) is 1.72. The Morgan fingerprint density at radius 2 is 1.83 bits per heavy atom. The molecule has 1 amide bonds. The maximum atomic E-state index is 12.5. The number of rotatable bonds is 5. The average Bonchev–Trinajstić information content (AvgIpc) is 3.16. The summed E-state index contributed by atoms with van der Waals surface area (Å²) in [5.74, 6) is 1.10. The molecule has 2 aromatic heterocycles. The molecule has 1 N–H and O–H groups in total. The Kier molecular flexibility index (Phi) is 4.30. The van der Waals surface area contributed by atoms with Crippen LogP contribution >= 0.6 is 11.3 Å². The second kappa shape index (κ2) is 6.40. The van der Waals surface area contributed by atoms with Gasteiger partial charge in [-0.3, -0.25) is 9.20 Å². The molecule has 0 aliphatic rings. The van der Waals surface area contributed by atoms with Gasteiger partial charge in [0.15, 0.2) is 16.5 Å². The molecule has 3 aromatic rings. The lowest BCUT2D eigenvalue weighted by Crippen LogP contribution is -2.12. The molecule has 0 saturated carbocycles. The molecule has 0 bridgehead atoms. The second-order valence-corrected chi connectivity index (χ2v) is 5.86.